The third-order valence-corrected chi connectivity index (χ3v) is 4.81. The van der Waals surface area contributed by atoms with Crippen molar-refractivity contribution < 1.29 is 9.53 Å². The number of hydrogen-bond donors (Lipinski definition) is 2. The molecule has 0 aromatic heterocycles. The summed E-state index contributed by atoms with van der Waals surface area (Å²) in [5.41, 5.74) is 8.68. The van der Waals surface area contributed by atoms with Crippen molar-refractivity contribution in [3.8, 4) is 0 Å². The van der Waals surface area contributed by atoms with Gasteiger partial charge in [-0.2, -0.15) is 0 Å². The number of ether oxygens (including phenoxy) is 1. The molecule has 2 aliphatic rings. The first-order chi connectivity index (χ1) is 11.2. The van der Waals surface area contributed by atoms with Gasteiger partial charge in [-0.1, -0.05) is 32.0 Å². The molecule has 0 saturated carbocycles. The molecule has 1 spiro atoms. The Kier molecular flexibility index (Phi) is 6.02. The first-order valence-electron chi connectivity index (χ1n) is 8.53. The fourth-order valence-corrected chi connectivity index (χ4v) is 3.55. The van der Waals surface area contributed by atoms with Crippen LogP contribution in [0.5, 0.6) is 0 Å². The zero-order valence-electron chi connectivity index (χ0n) is 14.5. The highest BCUT2D eigenvalue weighted by Crippen LogP contribution is 2.43. The molecule has 0 aliphatic carbocycles. The van der Waals surface area contributed by atoms with Crippen molar-refractivity contribution in [2.24, 2.45) is 5.73 Å². The quantitative estimate of drug-likeness (QED) is 0.894. The molecule has 1 fully saturated rings. The first-order valence-corrected chi connectivity index (χ1v) is 8.53. The lowest BCUT2D eigenvalue weighted by Crippen LogP contribution is -2.52. The Balaban J connectivity index is 0.000000924. The van der Waals surface area contributed by atoms with Crippen molar-refractivity contribution in [3.05, 3.63) is 29.8 Å². The van der Waals surface area contributed by atoms with Gasteiger partial charge in [0.05, 0.1) is 6.61 Å². The maximum Gasteiger partial charge on any atom is 0.241 e. The minimum atomic E-state index is -0.543. The normalized spacial score (nSPS) is 19.4. The van der Waals surface area contributed by atoms with Crippen LogP contribution in [0.15, 0.2) is 24.3 Å². The summed E-state index contributed by atoms with van der Waals surface area (Å²) in [7, 11) is 1.57. The van der Waals surface area contributed by atoms with Gasteiger partial charge in [-0.05, 0) is 24.5 Å². The van der Waals surface area contributed by atoms with Gasteiger partial charge in [-0.25, -0.2) is 0 Å². The molecule has 3 N–H and O–H groups in total. The summed E-state index contributed by atoms with van der Waals surface area (Å²) in [6, 6.07) is 7.96. The van der Waals surface area contributed by atoms with Crippen LogP contribution in [0.25, 0.3) is 0 Å². The second-order valence-corrected chi connectivity index (χ2v) is 6.07. The van der Waals surface area contributed by atoms with Gasteiger partial charge in [0, 0.05) is 37.8 Å². The number of amides is 1. The number of likely N-dealkylation sites (tertiary alicyclic amines) is 1. The smallest absolute Gasteiger partial charge is 0.241 e. The van der Waals surface area contributed by atoms with Gasteiger partial charge in [-0.3, -0.25) is 4.79 Å². The summed E-state index contributed by atoms with van der Waals surface area (Å²) in [6.07, 6.45) is 1.98. The third kappa shape index (κ3) is 3.51. The van der Waals surface area contributed by atoms with Gasteiger partial charge in [0.25, 0.3) is 0 Å². The van der Waals surface area contributed by atoms with E-state index in [0.717, 1.165) is 32.5 Å². The zero-order chi connectivity index (χ0) is 16.9. The Morgan fingerprint density at radius 1 is 1.35 bits per heavy atom. The number of anilines is 1. The Morgan fingerprint density at radius 3 is 2.65 bits per heavy atom. The Hall–Kier alpha value is -1.59. The largest absolute Gasteiger partial charge is 0.384 e. The second kappa shape index (κ2) is 7.79. The Labute approximate surface area is 139 Å². The lowest BCUT2D eigenvalue weighted by Gasteiger charge is -2.40. The zero-order valence-corrected chi connectivity index (χ0v) is 14.5. The molecule has 0 radical (unpaired) electrons. The van der Waals surface area contributed by atoms with Gasteiger partial charge >= 0.3 is 0 Å². The molecule has 2 heterocycles. The van der Waals surface area contributed by atoms with Crippen LogP contribution >= 0.6 is 0 Å². The van der Waals surface area contributed by atoms with Crippen molar-refractivity contribution in [2.75, 3.05) is 38.7 Å². The summed E-state index contributed by atoms with van der Waals surface area (Å²) in [4.78, 5) is 14.1. The van der Waals surface area contributed by atoms with E-state index in [2.05, 4.69) is 29.6 Å². The number of fused-ring (bicyclic) bond motifs is 2. The summed E-state index contributed by atoms with van der Waals surface area (Å²) in [5, 5.41) is 3.50. The fraction of sp³-hybridized carbons (Fsp3) is 0.611. The molecule has 1 unspecified atom stereocenters. The standard InChI is InChI=1S/C16H23N3O2.C2H6/c1-21-10-13(17)15(20)19-8-6-16(7-9-19)11-18-14-5-3-2-4-12(14)16;1-2/h2-5,13,18H,6-11,17H2,1H3;1-2H3. The Bertz CT molecular complexity index is 525. The fourth-order valence-electron chi connectivity index (χ4n) is 3.55. The van der Waals surface area contributed by atoms with E-state index in [0.29, 0.717) is 0 Å². The highest BCUT2D eigenvalue weighted by Gasteiger charge is 2.42. The molecular weight excluding hydrogens is 290 g/mol. The summed E-state index contributed by atoms with van der Waals surface area (Å²) in [6.45, 7) is 6.79. The van der Waals surface area contributed by atoms with E-state index < -0.39 is 6.04 Å². The average molecular weight is 319 g/mol. The number of carbonyl (C=O) groups excluding carboxylic acids is 1. The van der Waals surface area contributed by atoms with Crippen LogP contribution < -0.4 is 11.1 Å². The van der Waals surface area contributed by atoms with Crippen LogP contribution in [0, 0.1) is 0 Å². The highest BCUT2D eigenvalue weighted by molar-refractivity contribution is 5.82. The van der Waals surface area contributed by atoms with E-state index in [-0.39, 0.29) is 17.9 Å². The molecule has 1 saturated heterocycles. The summed E-state index contributed by atoms with van der Waals surface area (Å²) in [5.74, 6) is 0.00550. The lowest BCUT2D eigenvalue weighted by molar-refractivity contribution is -0.135. The summed E-state index contributed by atoms with van der Waals surface area (Å²) < 4.78 is 4.97. The van der Waals surface area contributed by atoms with Crippen molar-refractivity contribution >= 4 is 11.6 Å². The molecule has 1 amide bonds. The number of nitrogens with one attached hydrogen (secondary N) is 1. The van der Waals surface area contributed by atoms with E-state index in [1.807, 2.05) is 18.7 Å². The maximum atomic E-state index is 12.2. The van der Waals surface area contributed by atoms with Crippen LogP contribution in [0.2, 0.25) is 0 Å². The molecule has 2 aliphatic heterocycles. The van der Waals surface area contributed by atoms with Crippen LogP contribution in [0.4, 0.5) is 5.69 Å². The molecule has 5 heteroatoms. The van der Waals surface area contributed by atoms with Gasteiger partial charge in [0.2, 0.25) is 5.91 Å². The predicted molar refractivity (Wildman–Crippen MR) is 93.6 cm³/mol. The topological polar surface area (TPSA) is 67.6 Å². The third-order valence-electron chi connectivity index (χ3n) is 4.81. The molecule has 1 aromatic carbocycles. The SMILES string of the molecule is CC.COCC(N)C(=O)N1CCC2(CC1)CNc1ccccc12. The number of nitrogens with zero attached hydrogens (tertiary/aromatic N) is 1. The van der Waals surface area contributed by atoms with E-state index in [4.69, 9.17) is 10.5 Å². The number of rotatable bonds is 3. The van der Waals surface area contributed by atoms with E-state index in [1.165, 1.54) is 11.3 Å². The van der Waals surface area contributed by atoms with Crippen LogP contribution in [0.1, 0.15) is 32.3 Å². The van der Waals surface area contributed by atoms with Crippen molar-refractivity contribution in [3.63, 3.8) is 0 Å². The monoisotopic (exact) mass is 319 g/mol. The minimum Gasteiger partial charge on any atom is -0.384 e. The molecule has 3 rings (SSSR count). The summed E-state index contributed by atoms with van der Waals surface area (Å²) >= 11 is 0. The Morgan fingerprint density at radius 2 is 2.00 bits per heavy atom. The molecule has 0 bridgehead atoms. The molecule has 23 heavy (non-hydrogen) atoms. The van der Waals surface area contributed by atoms with Gasteiger partial charge in [0.1, 0.15) is 6.04 Å². The van der Waals surface area contributed by atoms with Crippen LogP contribution in [-0.2, 0) is 14.9 Å². The van der Waals surface area contributed by atoms with Crippen molar-refractivity contribution in [2.45, 2.75) is 38.1 Å². The first kappa shape index (κ1) is 17.8. The number of carbonyl (C=O) groups is 1. The minimum absolute atomic E-state index is 0.00550. The second-order valence-electron chi connectivity index (χ2n) is 6.07. The molecule has 128 valence electrons. The number of benzene rings is 1. The van der Waals surface area contributed by atoms with Crippen LogP contribution in [-0.4, -0.2) is 50.2 Å². The molecular formula is C18H29N3O2. The number of methoxy groups -OCH3 is 1. The number of nitrogens with two attached hydrogens (primary N) is 1. The van der Waals surface area contributed by atoms with Crippen LogP contribution in [0.3, 0.4) is 0 Å². The van der Waals surface area contributed by atoms with Gasteiger partial charge < -0.3 is 20.7 Å². The lowest BCUT2D eigenvalue weighted by atomic mass is 9.74. The van der Waals surface area contributed by atoms with Crippen molar-refractivity contribution in [1.29, 1.82) is 0 Å². The molecule has 1 aromatic rings. The number of para-hydroxylation sites is 1. The predicted octanol–water partition coefficient (Wildman–Crippen LogP) is 1.97. The molecule has 5 nitrogen and oxygen atoms in total. The number of hydrogen-bond acceptors (Lipinski definition) is 4. The number of piperidine rings is 1. The van der Waals surface area contributed by atoms with Gasteiger partial charge in [0.15, 0.2) is 0 Å². The molecule has 1 atom stereocenters. The van der Waals surface area contributed by atoms with Gasteiger partial charge in [-0.15, -0.1) is 0 Å². The maximum absolute atomic E-state index is 12.2. The van der Waals surface area contributed by atoms with E-state index >= 15 is 0 Å². The highest BCUT2D eigenvalue weighted by atomic mass is 16.5. The van der Waals surface area contributed by atoms with Crippen molar-refractivity contribution in [1.82, 2.24) is 4.90 Å². The average Bonchev–Trinajstić information content (AvgIpc) is 2.96. The van der Waals surface area contributed by atoms with E-state index in [9.17, 15) is 4.79 Å². The van der Waals surface area contributed by atoms with E-state index in [1.54, 1.807) is 7.11 Å².